The lowest BCUT2D eigenvalue weighted by Crippen LogP contribution is -2.03. The van der Waals surface area contributed by atoms with E-state index in [0.29, 0.717) is 13.0 Å². The van der Waals surface area contributed by atoms with E-state index < -0.39 is 0 Å². The van der Waals surface area contributed by atoms with Crippen LogP contribution >= 0.6 is 0 Å². The number of hydrogen-bond donors (Lipinski definition) is 0. The number of allylic oxidation sites excluding steroid dienone is 6. The van der Waals surface area contributed by atoms with Gasteiger partial charge in [-0.15, -0.1) is 0 Å². The zero-order valence-corrected chi connectivity index (χ0v) is 18.1. The van der Waals surface area contributed by atoms with Gasteiger partial charge in [-0.1, -0.05) is 99.1 Å². The summed E-state index contributed by atoms with van der Waals surface area (Å²) in [6.07, 6.45) is 27.8. The number of carbonyl (C=O) groups is 1. The van der Waals surface area contributed by atoms with Gasteiger partial charge < -0.3 is 4.74 Å². The van der Waals surface area contributed by atoms with E-state index >= 15 is 0 Å². The van der Waals surface area contributed by atoms with Gasteiger partial charge >= 0.3 is 5.97 Å². The summed E-state index contributed by atoms with van der Waals surface area (Å²) >= 11 is 0. The molecule has 0 atom stereocenters. The molecule has 0 saturated carbocycles. The zero-order chi connectivity index (χ0) is 20.8. The van der Waals surface area contributed by atoms with Crippen molar-refractivity contribution in [1.82, 2.24) is 0 Å². The first kappa shape index (κ1) is 24.7. The standard InChI is InChI=1S/C27H38O2/c1-2-3-4-5-6-7-8-9-10-11-12-13-14-15-19-24-27(28)29-25-20-23-26-21-17-16-18-22-26/h3-4,6-7,9-10,16-18,20-23H,2,5,8,11-15,19,24-25H2,1H3/b4-3-,7-6-,10-9-,23-20+. The number of ether oxygens (including phenoxy) is 1. The van der Waals surface area contributed by atoms with Gasteiger partial charge in [-0.05, 0) is 50.2 Å². The highest BCUT2D eigenvalue weighted by atomic mass is 16.5. The minimum Gasteiger partial charge on any atom is -0.461 e. The van der Waals surface area contributed by atoms with Crippen molar-refractivity contribution in [3.05, 3.63) is 78.4 Å². The van der Waals surface area contributed by atoms with E-state index in [-0.39, 0.29) is 5.97 Å². The SMILES string of the molecule is CC/C=C\C/C=C\C/C=C\CCCCCCCC(=O)OC/C=C/c1ccccc1. The summed E-state index contributed by atoms with van der Waals surface area (Å²) in [7, 11) is 0. The Morgan fingerprint density at radius 1 is 0.793 bits per heavy atom. The van der Waals surface area contributed by atoms with Gasteiger partial charge in [-0.2, -0.15) is 0 Å². The van der Waals surface area contributed by atoms with E-state index in [4.69, 9.17) is 4.74 Å². The summed E-state index contributed by atoms with van der Waals surface area (Å²) in [6, 6.07) is 10.0. The molecule has 0 N–H and O–H groups in total. The molecule has 0 aliphatic carbocycles. The van der Waals surface area contributed by atoms with Crippen LogP contribution in [0, 0.1) is 0 Å². The monoisotopic (exact) mass is 394 g/mol. The third-order valence-electron chi connectivity index (χ3n) is 4.48. The molecule has 0 bridgehead atoms. The molecule has 2 heteroatoms. The lowest BCUT2D eigenvalue weighted by Gasteiger charge is -2.02. The summed E-state index contributed by atoms with van der Waals surface area (Å²) < 4.78 is 5.24. The molecular weight excluding hydrogens is 356 g/mol. The van der Waals surface area contributed by atoms with Crippen LogP contribution < -0.4 is 0 Å². The van der Waals surface area contributed by atoms with Crippen LogP contribution in [0.2, 0.25) is 0 Å². The molecule has 0 aromatic heterocycles. The largest absolute Gasteiger partial charge is 0.461 e. The second-order valence-corrected chi connectivity index (χ2v) is 7.10. The van der Waals surface area contributed by atoms with Crippen molar-refractivity contribution in [3.8, 4) is 0 Å². The van der Waals surface area contributed by atoms with E-state index in [1.54, 1.807) is 0 Å². The molecule has 1 aromatic rings. The highest BCUT2D eigenvalue weighted by Gasteiger charge is 2.01. The lowest BCUT2D eigenvalue weighted by atomic mass is 10.1. The Morgan fingerprint density at radius 2 is 1.45 bits per heavy atom. The van der Waals surface area contributed by atoms with Crippen LogP contribution in [0.3, 0.4) is 0 Å². The van der Waals surface area contributed by atoms with Gasteiger partial charge in [0.25, 0.3) is 0 Å². The average molecular weight is 395 g/mol. The smallest absolute Gasteiger partial charge is 0.306 e. The maximum absolute atomic E-state index is 11.7. The predicted molar refractivity (Wildman–Crippen MR) is 126 cm³/mol. The predicted octanol–water partition coefficient (Wildman–Crippen LogP) is 7.83. The molecule has 0 spiro atoms. The highest BCUT2D eigenvalue weighted by Crippen LogP contribution is 2.09. The normalized spacial score (nSPS) is 12.0. The maximum atomic E-state index is 11.7. The van der Waals surface area contributed by atoms with Crippen LogP contribution in [-0.2, 0) is 9.53 Å². The maximum Gasteiger partial charge on any atom is 0.306 e. The molecule has 0 aliphatic heterocycles. The Bertz CT molecular complexity index is 623. The van der Waals surface area contributed by atoms with Gasteiger partial charge in [0.1, 0.15) is 6.61 Å². The molecule has 0 fully saturated rings. The van der Waals surface area contributed by atoms with Crippen molar-refractivity contribution < 1.29 is 9.53 Å². The quantitative estimate of drug-likeness (QED) is 0.162. The number of benzene rings is 1. The van der Waals surface area contributed by atoms with E-state index in [1.807, 2.05) is 42.5 Å². The van der Waals surface area contributed by atoms with Crippen LogP contribution in [0.15, 0.2) is 72.9 Å². The van der Waals surface area contributed by atoms with E-state index in [9.17, 15) is 4.79 Å². The highest BCUT2D eigenvalue weighted by molar-refractivity contribution is 5.69. The topological polar surface area (TPSA) is 26.3 Å². The Hall–Kier alpha value is -2.35. The molecule has 0 amide bonds. The number of carbonyl (C=O) groups excluding carboxylic acids is 1. The molecule has 1 rings (SSSR count). The van der Waals surface area contributed by atoms with Gasteiger partial charge in [0.05, 0.1) is 0 Å². The zero-order valence-electron chi connectivity index (χ0n) is 18.1. The number of hydrogen-bond acceptors (Lipinski definition) is 2. The van der Waals surface area contributed by atoms with Crippen molar-refractivity contribution in [2.24, 2.45) is 0 Å². The molecule has 0 unspecified atom stereocenters. The lowest BCUT2D eigenvalue weighted by molar-refractivity contribution is -0.142. The number of esters is 1. The molecule has 0 aliphatic rings. The molecule has 158 valence electrons. The molecule has 2 nitrogen and oxygen atoms in total. The van der Waals surface area contributed by atoms with Crippen LogP contribution in [0.25, 0.3) is 6.08 Å². The second-order valence-electron chi connectivity index (χ2n) is 7.10. The van der Waals surface area contributed by atoms with Crippen molar-refractivity contribution >= 4 is 12.0 Å². The number of unbranched alkanes of at least 4 members (excludes halogenated alkanes) is 5. The van der Waals surface area contributed by atoms with Crippen molar-refractivity contribution in [2.45, 2.75) is 71.1 Å². The van der Waals surface area contributed by atoms with Gasteiger partial charge in [0.15, 0.2) is 0 Å². The minimum atomic E-state index is -0.0936. The molecule has 1 aromatic carbocycles. The Kier molecular flexibility index (Phi) is 16.2. The first-order chi connectivity index (χ1) is 14.3. The number of rotatable bonds is 16. The summed E-state index contributed by atoms with van der Waals surface area (Å²) in [6.45, 7) is 2.51. The van der Waals surface area contributed by atoms with Crippen LogP contribution in [0.1, 0.15) is 76.7 Å². The fraction of sp³-hybridized carbons (Fsp3) is 0.444. The van der Waals surface area contributed by atoms with Crippen LogP contribution in [0.4, 0.5) is 0 Å². The van der Waals surface area contributed by atoms with E-state index in [1.165, 1.54) is 19.3 Å². The van der Waals surface area contributed by atoms with E-state index in [2.05, 4.69) is 43.4 Å². The third kappa shape index (κ3) is 16.3. The summed E-state index contributed by atoms with van der Waals surface area (Å²) in [5, 5.41) is 0. The minimum absolute atomic E-state index is 0.0936. The Balaban J connectivity index is 1.88. The van der Waals surface area contributed by atoms with Crippen molar-refractivity contribution in [1.29, 1.82) is 0 Å². The van der Waals surface area contributed by atoms with Crippen LogP contribution in [0.5, 0.6) is 0 Å². The summed E-state index contributed by atoms with van der Waals surface area (Å²) in [5.41, 5.74) is 1.12. The van der Waals surface area contributed by atoms with Gasteiger partial charge in [0.2, 0.25) is 0 Å². The van der Waals surface area contributed by atoms with Gasteiger partial charge in [-0.3, -0.25) is 4.79 Å². The summed E-state index contributed by atoms with van der Waals surface area (Å²) in [5.74, 6) is -0.0936. The average Bonchev–Trinajstić information content (AvgIpc) is 2.75. The third-order valence-corrected chi connectivity index (χ3v) is 4.48. The van der Waals surface area contributed by atoms with Crippen molar-refractivity contribution in [2.75, 3.05) is 6.61 Å². The first-order valence-electron chi connectivity index (χ1n) is 11.1. The molecule has 29 heavy (non-hydrogen) atoms. The molecular formula is C27H38O2. The molecule has 0 heterocycles. The first-order valence-corrected chi connectivity index (χ1v) is 11.1. The molecule has 0 saturated heterocycles. The van der Waals surface area contributed by atoms with Gasteiger partial charge in [-0.25, -0.2) is 0 Å². The van der Waals surface area contributed by atoms with Crippen molar-refractivity contribution in [3.63, 3.8) is 0 Å². The fourth-order valence-electron chi connectivity index (χ4n) is 2.85. The van der Waals surface area contributed by atoms with Gasteiger partial charge in [0, 0.05) is 6.42 Å². The van der Waals surface area contributed by atoms with E-state index in [0.717, 1.165) is 44.1 Å². The Morgan fingerprint density at radius 3 is 2.21 bits per heavy atom. The Labute approximate surface area is 178 Å². The van der Waals surface area contributed by atoms with Crippen LogP contribution in [-0.4, -0.2) is 12.6 Å². The fourth-order valence-corrected chi connectivity index (χ4v) is 2.85. The summed E-state index contributed by atoms with van der Waals surface area (Å²) in [4.78, 5) is 11.7. The second kappa shape index (κ2) is 19.0. The molecule has 0 radical (unpaired) electrons.